The maximum absolute atomic E-state index is 10.9. The third-order valence-corrected chi connectivity index (χ3v) is 1.91. The van der Waals surface area contributed by atoms with E-state index < -0.39 is 28.8 Å². The van der Waals surface area contributed by atoms with E-state index in [0.29, 0.717) is 13.0 Å². The quantitative estimate of drug-likeness (QED) is 0.484. The van der Waals surface area contributed by atoms with Crippen molar-refractivity contribution in [2.24, 2.45) is 0 Å². The summed E-state index contributed by atoms with van der Waals surface area (Å²) in [5.74, 6) is -0.568. The number of carbonyl (C=O) groups excluding carboxylic acids is 1. The van der Waals surface area contributed by atoms with Gasteiger partial charge in [-0.25, -0.2) is 0 Å². The standard InChI is InChI=1S/C8H16O6S/c1-3-4-13-8(10)5-7(9)6-14-15(2,11)12/h7,9H,3-6H2,1-2H3. The van der Waals surface area contributed by atoms with Crippen LogP contribution in [0.4, 0.5) is 0 Å². The summed E-state index contributed by atoms with van der Waals surface area (Å²) in [5, 5.41) is 9.19. The lowest BCUT2D eigenvalue weighted by Crippen LogP contribution is -2.22. The van der Waals surface area contributed by atoms with E-state index >= 15 is 0 Å². The predicted octanol–water partition coefficient (Wildman–Crippen LogP) is -0.333. The van der Waals surface area contributed by atoms with Gasteiger partial charge in [0, 0.05) is 0 Å². The zero-order chi connectivity index (χ0) is 11.9. The minimum Gasteiger partial charge on any atom is -0.466 e. The smallest absolute Gasteiger partial charge is 0.308 e. The highest BCUT2D eigenvalue weighted by Gasteiger charge is 2.14. The second kappa shape index (κ2) is 6.76. The summed E-state index contributed by atoms with van der Waals surface area (Å²) in [7, 11) is -3.58. The lowest BCUT2D eigenvalue weighted by atomic mass is 10.3. The molecule has 0 spiro atoms. The maximum Gasteiger partial charge on any atom is 0.308 e. The van der Waals surface area contributed by atoms with E-state index in [9.17, 15) is 18.3 Å². The molecule has 1 N–H and O–H groups in total. The first-order valence-corrected chi connectivity index (χ1v) is 6.35. The number of hydrogen-bond donors (Lipinski definition) is 1. The van der Waals surface area contributed by atoms with Gasteiger partial charge in [0.15, 0.2) is 0 Å². The molecule has 0 radical (unpaired) electrons. The third-order valence-electron chi connectivity index (χ3n) is 1.34. The van der Waals surface area contributed by atoms with E-state index in [2.05, 4.69) is 8.92 Å². The molecule has 0 saturated heterocycles. The molecule has 1 atom stereocenters. The maximum atomic E-state index is 10.9. The summed E-state index contributed by atoms with van der Waals surface area (Å²) in [4.78, 5) is 10.9. The first-order valence-electron chi connectivity index (χ1n) is 4.53. The average Bonchev–Trinajstić information content (AvgIpc) is 2.10. The Morgan fingerprint density at radius 3 is 2.53 bits per heavy atom. The van der Waals surface area contributed by atoms with E-state index in [-0.39, 0.29) is 6.42 Å². The van der Waals surface area contributed by atoms with Crippen LogP contribution < -0.4 is 0 Å². The van der Waals surface area contributed by atoms with Crippen LogP contribution in [0.2, 0.25) is 0 Å². The van der Waals surface area contributed by atoms with Gasteiger partial charge < -0.3 is 9.84 Å². The minimum atomic E-state index is -3.58. The van der Waals surface area contributed by atoms with E-state index in [1.54, 1.807) is 0 Å². The SMILES string of the molecule is CCCOC(=O)CC(O)COS(C)(=O)=O. The van der Waals surface area contributed by atoms with Crippen molar-refractivity contribution >= 4 is 16.1 Å². The molecule has 15 heavy (non-hydrogen) atoms. The van der Waals surface area contributed by atoms with Crippen molar-refractivity contribution in [2.75, 3.05) is 19.5 Å². The molecule has 1 unspecified atom stereocenters. The van der Waals surface area contributed by atoms with Crippen LogP contribution in [0.3, 0.4) is 0 Å². The molecule has 0 aromatic rings. The number of ether oxygens (including phenoxy) is 1. The van der Waals surface area contributed by atoms with Gasteiger partial charge >= 0.3 is 5.97 Å². The number of carbonyl (C=O) groups is 1. The molecule has 0 amide bonds. The van der Waals surface area contributed by atoms with Gasteiger partial charge in [-0.05, 0) is 6.42 Å². The van der Waals surface area contributed by atoms with Crippen molar-refractivity contribution in [3.63, 3.8) is 0 Å². The molecule has 6 nitrogen and oxygen atoms in total. The second-order valence-corrected chi connectivity index (χ2v) is 4.71. The van der Waals surface area contributed by atoms with Crippen molar-refractivity contribution in [1.29, 1.82) is 0 Å². The molecule has 0 rings (SSSR count). The molecular weight excluding hydrogens is 224 g/mol. The zero-order valence-electron chi connectivity index (χ0n) is 8.80. The molecule has 0 bridgehead atoms. The van der Waals surface area contributed by atoms with Gasteiger partial charge in [0.25, 0.3) is 10.1 Å². The van der Waals surface area contributed by atoms with Crippen LogP contribution >= 0.6 is 0 Å². The Morgan fingerprint density at radius 1 is 1.47 bits per heavy atom. The summed E-state index contributed by atoms with van der Waals surface area (Å²) >= 11 is 0. The molecule has 0 heterocycles. The van der Waals surface area contributed by atoms with Gasteiger partial charge in [-0.15, -0.1) is 0 Å². The molecule has 0 aromatic heterocycles. The Kier molecular flexibility index (Phi) is 6.46. The van der Waals surface area contributed by atoms with Crippen molar-refractivity contribution in [3.8, 4) is 0 Å². The van der Waals surface area contributed by atoms with Crippen LogP contribution in [0.15, 0.2) is 0 Å². The summed E-state index contributed by atoms with van der Waals surface area (Å²) in [6, 6.07) is 0. The fourth-order valence-corrected chi connectivity index (χ4v) is 1.13. The van der Waals surface area contributed by atoms with Crippen LogP contribution in [0.1, 0.15) is 19.8 Å². The number of hydrogen-bond acceptors (Lipinski definition) is 6. The highest BCUT2D eigenvalue weighted by atomic mass is 32.2. The minimum absolute atomic E-state index is 0.268. The van der Waals surface area contributed by atoms with Gasteiger partial charge in [-0.3, -0.25) is 8.98 Å². The molecule has 0 fully saturated rings. The number of rotatable bonds is 7. The molecule has 7 heteroatoms. The van der Waals surface area contributed by atoms with E-state index in [4.69, 9.17) is 0 Å². The lowest BCUT2D eigenvalue weighted by molar-refractivity contribution is -0.146. The van der Waals surface area contributed by atoms with Crippen molar-refractivity contribution in [3.05, 3.63) is 0 Å². The first-order chi connectivity index (χ1) is 6.85. The molecule has 0 aliphatic carbocycles. The average molecular weight is 240 g/mol. The summed E-state index contributed by atoms with van der Waals surface area (Å²) in [6.45, 7) is 1.70. The zero-order valence-corrected chi connectivity index (χ0v) is 9.62. The van der Waals surface area contributed by atoms with E-state index in [1.165, 1.54) is 0 Å². The second-order valence-electron chi connectivity index (χ2n) is 3.07. The third kappa shape index (κ3) is 9.64. The molecule has 0 aliphatic heterocycles. The normalized spacial score (nSPS) is 13.5. The van der Waals surface area contributed by atoms with Crippen LogP contribution in [0.5, 0.6) is 0 Å². The van der Waals surface area contributed by atoms with Gasteiger partial charge in [-0.2, -0.15) is 8.42 Å². The number of esters is 1. The largest absolute Gasteiger partial charge is 0.466 e. The number of aliphatic hydroxyl groups is 1. The van der Waals surface area contributed by atoms with Crippen LogP contribution in [-0.4, -0.2) is 45.1 Å². The molecular formula is C8H16O6S. The topological polar surface area (TPSA) is 89.9 Å². The fourth-order valence-electron chi connectivity index (χ4n) is 0.728. The van der Waals surface area contributed by atoms with Crippen molar-refractivity contribution < 1.29 is 27.2 Å². The summed E-state index contributed by atoms with van der Waals surface area (Å²) < 4.78 is 30.1. The van der Waals surface area contributed by atoms with Gasteiger partial charge in [-0.1, -0.05) is 6.92 Å². The highest BCUT2D eigenvalue weighted by molar-refractivity contribution is 7.85. The van der Waals surface area contributed by atoms with Crippen molar-refractivity contribution in [1.82, 2.24) is 0 Å². The van der Waals surface area contributed by atoms with E-state index in [0.717, 1.165) is 6.26 Å². The first kappa shape index (κ1) is 14.3. The van der Waals surface area contributed by atoms with Crippen LogP contribution in [0, 0.1) is 0 Å². The number of aliphatic hydroxyl groups excluding tert-OH is 1. The van der Waals surface area contributed by atoms with Crippen LogP contribution in [0.25, 0.3) is 0 Å². The Balaban J connectivity index is 3.74. The molecule has 90 valence electrons. The van der Waals surface area contributed by atoms with E-state index in [1.807, 2.05) is 6.92 Å². The summed E-state index contributed by atoms with van der Waals surface area (Å²) in [5.41, 5.74) is 0. The Labute approximate surface area is 89.3 Å². The Morgan fingerprint density at radius 2 is 2.07 bits per heavy atom. The Bertz CT molecular complexity index is 284. The monoisotopic (exact) mass is 240 g/mol. The van der Waals surface area contributed by atoms with Gasteiger partial charge in [0.2, 0.25) is 0 Å². The van der Waals surface area contributed by atoms with Crippen molar-refractivity contribution in [2.45, 2.75) is 25.9 Å². The van der Waals surface area contributed by atoms with Crippen LogP contribution in [-0.2, 0) is 23.8 Å². The lowest BCUT2D eigenvalue weighted by Gasteiger charge is -2.09. The predicted molar refractivity (Wildman–Crippen MR) is 52.7 cm³/mol. The molecule has 0 aliphatic rings. The van der Waals surface area contributed by atoms with Gasteiger partial charge in [0.1, 0.15) is 0 Å². The fraction of sp³-hybridized carbons (Fsp3) is 0.875. The summed E-state index contributed by atoms with van der Waals surface area (Å²) in [6.07, 6.45) is 0.135. The van der Waals surface area contributed by atoms with Gasteiger partial charge in [0.05, 0.1) is 32.0 Å². The highest BCUT2D eigenvalue weighted by Crippen LogP contribution is 1.98. The molecule has 0 aromatic carbocycles. The Hall–Kier alpha value is -0.660. The molecule has 0 saturated carbocycles.